The van der Waals surface area contributed by atoms with Gasteiger partial charge in [0.1, 0.15) is 0 Å². The maximum Gasteiger partial charge on any atom is 0.262 e. The van der Waals surface area contributed by atoms with E-state index >= 15 is 0 Å². The molecule has 0 aliphatic carbocycles. The van der Waals surface area contributed by atoms with Crippen molar-refractivity contribution in [2.24, 2.45) is 0 Å². The average Bonchev–Trinajstić information content (AvgIpc) is 3.04. The minimum Gasteiger partial charge on any atom is -0.355 e. The molecule has 29 heavy (non-hydrogen) atoms. The van der Waals surface area contributed by atoms with Gasteiger partial charge >= 0.3 is 0 Å². The van der Waals surface area contributed by atoms with Gasteiger partial charge in [0.15, 0.2) is 5.16 Å². The molecule has 2 aromatic heterocycles. The molecule has 0 aliphatic heterocycles. The Hall–Kier alpha value is -2.32. The minimum atomic E-state index is -0.0956. The van der Waals surface area contributed by atoms with Crippen LogP contribution in [0.2, 0.25) is 5.02 Å². The molecule has 1 N–H and O–H groups in total. The quantitative estimate of drug-likeness (QED) is 0.413. The Kier molecular flexibility index (Phi) is 7.33. The molecule has 0 aliphatic rings. The number of nitrogens with zero attached hydrogens (tertiary/aromatic N) is 4. The number of nitrogens with one attached hydrogen (secondary N) is 1. The van der Waals surface area contributed by atoms with Crippen LogP contribution in [0.15, 0.2) is 40.4 Å². The summed E-state index contributed by atoms with van der Waals surface area (Å²) in [5.41, 5.74) is 1.33. The fraction of sp³-hybridized carbons (Fsp3) is 0.400. The number of fused-ring (bicyclic) bond motifs is 1. The fourth-order valence-electron chi connectivity index (χ4n) is 2.90. The van der Waals surface area contributed by atoms with Crippen LogP contribution in [0.3, 0.4) is 0 Å². The Labute approximate surface area is 178 Å². The molecule has 0 unspecified atom stereocenters. The lowest BCUT2D eigenvalue weighted by atomic mass is 10.2. The first-order chi connectivity index (χ1) is 14.0. The van der Waals surface area contributed by atoms with E-state index in [-0.39, 0.29) is 17.2 Å². The van der Waals surface area contributed by atoms with Crippen LogP contribution in [-0.2, 0) is 17.9 Å². The maximum atomic E-state index is 13.0. The van der Waals surface area contributed by atoms with Crippen molar-refractivity contribution in [1.82, 2.24) is 24.6 Å². The number of halogens is 1. The van der Waals surface area contributed by atoms with Crippen molar-refractivity contribution in [2.75, 3.05) is 12.3 Å². The van der Waals surface area contributed by atoms with E-state index in [9.17, 15) is 9.59 Å². The third-order valence-corrected chi connectivity index (χ3v) is 5.73. The molecule has 154 valence electrons. The van der Waals surface area contributed by atoms with Gasteiger partial charge in [0, 0.05) is 25.8 Å². The molecule has 0 bridgehead atoms. The van der Waals surface area contributed by atoms with Gasteiger partial charge in [0.05, 0.1) is 27.4 Å². The predicted molar refractivity (Wildman–Crippen MR) is 117 cm³/mol. The molecule has 0 saturated carbocycles. The number of thioether (sulfide) groups is 1. The van der Waals surface area contributed by atoms with Crippen LogP contribution in [-0.4, -0.2) is 37.5 Å². The van der Waals surface area contributed by atoms with Crippen molar-refractivity contribution < 1.29 is 4.79 Å². The highest BCUT2D eigenvalue weighted by Crippen LogP contribution is 2.18. The predicted octanol–water partition coefficient (Wildman–Crippen LogP) is 3.26. The third kappa shape index (κ3) is 5.39. The Morgan fingerprint density at radius 1 is 1.28 bits per heavy atom. The van der Waals surface area contributed by atoms with Crippen LogP contribution in [0.4, 0.5) is 0 Å². The van der Waals surface area contributed by atoms with Crippen LogP contribution in [0.25, 0.3) is 10.9 Å². The van der Waals surface area contributed by atoms with E-state index in [1.54, 1.807) is 21.5 Å². The van der Waals surface area contributed by atoms with Gasteiger partial charge < -0.3 is 5.32 Å². The van der Waals surface area contributed by atoms with Gasteiger partial charge in [-0.05, 0) is 31.9 Å². The number of hydrogen-bond acceptors (Lipinski definition) is 5. The highest BCUT2D eigenvalue weighted by atomic mass is 35.5. The Bertz CT molecular complexity index is 1040. The van der Waals surface area contributed by atoms with Crippen LogP contribution in [0.1, 0.15) is 25.5 Å². The van der Waals surface area contributed by atoms with E-state index in [2.05, 4.69) is 15.4 Å². The lowest BCUT2D eigenvalue weighted by Gasteiger charge is -2.13. The van der Waals surface area contributed by atoms with E-state index in [0.717, 1.165) is 12.1 Å². The van der Waals surface area contributed by atoms with Crippen molar-refractivity contribution in [2.45, 2.75) is 44.9 Å². The van der Waals surface area contributed by atoms with Gasteiger partial charge in [-0.25, -0.2) is 4.98 Å². The molecule has 0 saturated heterocycles. The summed E-state index contributed by atoms with van der Waals surface area (Å²) in [5.74, 6) is 0.158. The van der Waals surface area contributed by atoms with Crippen LogP contribution >= 0.6 is 23.4 Å². The second kappa shape index (κ2) is 9.93. The highest BCUT2D eigenvalue weighted by Gasteiger charge is 2.13. The van der Waals surface area contributed by atoms with Crippen LogP contribution in [0, 0.1) is 6.92 Å². The highest BCUT2D eigenvalue weighted by molar-refractivity contribution is 7.99. The molecular weight excluding hydrogens is 410 g/mol. The van der Waals surface area contributed by atoms with E-state index in [4.69, 9.17) is 11.6 Å². The molecule has 2 heterocycles. The average molecular weight is 434 g/mol. The van der Waals surface area contributed by atoms with Gasteiger partial charge in [0.2, 0.25) is 5.91 Å². The number of hydrogen-bond donors (Lipinski definition) is 1. The first kappa shape index (κ1) is 21.4. The normalized spacial score (nSPS) is 11.1. The second-order valence-corrected chi connectivity index (χ2v) is 8.04. The first-order valence-electron chi connectivity index (χ1n) is 9.58. The minimum absolute atomic E-state index is 0.0625. The lowest BCUT2D eigenvalue weighted by Crippen LogP contribution is -2.27. The summed E-state index contributed by atoms with van der Waals surface area (Å²) >= 11 is 7.34. The molecule has 3 rings (SSSR count). The SMILES string of the molecule is CCCNC(=O)CSc1nc2ccccc2c(=O)n1CCCn1cc(Cl)c(C)n1. The third-order valence-electron chi connectivity index (χ3n) is 4.39. The monoisotopic (exact) mass is 433 g/mol. The maximum absolute atomic E-state index is 13.0. The molecule has 0 atom stereocenters. The summed E-state index contributed by atoms with van der Waals surface area (Å²) in [7, 11) is 0. The summed E-state index contributed by atoms with van der Waals surface area (Å²) in [6.07, 6.45) is 3.35. The summed E-state index contributed by atoms with van der Waals surface area (Å²) < 4.78 is 3.43. The number of benzene rings is 1. The van der Waals surface area contributed by atoms with E-state index in [1.807, 2.05) is 32.0 Å². The van der Waals surface area contributed by atoms with Crippen molar-refractivity contribution in [3.63, 3.8) is 0 Å². The zero-order valence-electron chi connectivity index (χ0n) is 16.5. The Morgan fingerprint density at radius 3 is 2.79 bits per heavy atom. The largest absolute Gasteiger partial charge is 0.355 e. The van der Waals surface area contributed by atoms with Gasteiger partial charge in [-0.3, -0.25) is 18.8 Å². The standard InChI is InChI=1S/C20H24ClN5O2S/c1-3-9-22-18(27)13-29-20-23-17-8-5-4-7-15(17)19(28)26(20)11-6-10-25-12-16(21)14(2)24-25/h4-5,7-8,12H,3,6,9-11,13H2,1-2H3,(H,22,27). The summed E-state index contributed by atoms with van der Waals surface area (Å²) in [4.78, 5) is 29.7. The number of para-hydroxylation sites is 1. The van der Waals surface area contributed by atoms with Crippen molar-refractivity contribution >= 4 is 40.2 Å². The summed E-state index contributed by atoms with van der Waals surface area (Å²) in [6.45, 7) is 5.61. The molecule has 3 aromatic rings. The Balaban J connectivity index is 1.79. The zero-order valence-corrected chi connectivity index (χ0v) is 18.1. The van der Waals surface area contributed by atoms with Crippen molar-refractivity contribution in [3.05, 3.63) is 51.5 Å². The van der Waals surface area contributed by atoms with E-state index in [0.29, 0.717) is 47.1 Å². The number of aromatic nitrogens is 4. The van der Waals surface area contributed by atoms with Crippen LogP contribution in [0.5, 0.6) is 0 Å². The van der Waals surface area contributed by atoms with Crippen LogP contribution < -0.4 is 10.9 Å². The molecule has 0 radical (unpaired) electrons. The molecule has 9 heteroatoms. The molecule has 1 amide bonds. The topological polar surface area (TPSA) is 81.8 Å². The van der Waals surface area contributed by atoms with Crippen molar-refractivity contribution in [1.29, 1.82) is 0 Å². The number of aryl methyl sites for hydroxylation is 2. The molecule has 7 nitrogen and oxygen atoms in total. The van der Waals surface area contributed by atoms with Gasteiger partial charge in [-0.1, -0.05) is 42.4 Å². The Morgan fingerprint density at radius 2 is 2.07 bits per heavy atom. The summed E-state index contributed by atoms with van der Waals surface area (Å²) in [5, 5.41) is 8.95. The molecule has 1 aromatic carbocycles. The van der Waals surface area contributed by atoms with Gasteiger partial charge in [-0.15, -0.1) is 0 Å². The first-order valence-corrected chi connectivity index (χ1v) is 10.9. The van der Waals surface area contributed by atoms with Crippen molar-refractivity contribution in [3.8, 4) is 0 Å². The number of carbonyl (C=O) groups excluding carboxylic acids is 1. The fourth-order valence-corrected chi connectivity index (χ4v) is 3.91. The molecular formula is C20H24ClN5O2S. The number of amides is 1. The molecule has 0 fully saturated rings. The molecule has 0 spiro atoms. The van der Waals surface area contributed by atoms with E-state index < -0.39 is 0 Å². The summed E-state index contributed by atoms with van der Waals surface area (Å²) in [6, 6.07) is 7.28. The number of rotatable bonds is 9. The zero-order chi connectivity index (χ0) is 20.8. The number of carbonyl (C=O) groups is 1. The lowest BCUT2D eigenvalue weighted by molar-refractivity contribution is -0.118. The van der Waals surface area contributed by atoms with Gasteiger partial charge in [-0.2, -0.15) is 5.10 Å². The van der Waals surface area contributed by atoms with Gasteiger partial charge in [0.25, 0.3) is 5.56 Å². The smallest absolute Gasteiger partial charge is 0.262 e. The van der Waals surface area contributed by atoms with E-state index in [1.165, 1.54) is 11.8 Å². The second-order valence-electron chi connectivity index (χ2n) is 6.69.